The van der Waals surface area contributed by atoms with Gasteiger partial charge in [-0.2, -0.15) is 0 Å². The van der Waals surface area contributed by atoms with Gasteiger partial charge >= 0.3 is 0 Å². The Balaban J connectivity index is 2.00. The van der Waals surface area contributed by atoms with Crippen LogP contribution in [0.3, 0.4) is 0 Å². The van der Waals surface area contributed by atoms with Crippen LogP contribution in [0.2, 0.25) is 0 Å². The highest BCUT2D eigenvalue weighted by Gasteiger charge is 2.10. The Morgan fingerprint density at radius 1 is 1.32 bits per heavy atom. The summed E-state index contributed by atoms with van der Waals surface area (Å²) >= 11 is 0. The highest BCUT2D eigenvalue weighted by atomic mass is 16.3. The number of benzene rings is 1. The van der Waals surface area contributed by atoms with Crippen LogP contribution in [0.1, 0.15) is 5.56 Å². The van der Waals surface area contributed by atoms with E-state index in [1.165, 1.54) is 18.4 Å². The van der Waals surface area contributed by atoms with E-state index in [4.69, 9.17) is 4.42 Å². The molecule has 2 heterocycles. The zero-order valence-electron chi connectivity index (χ0n) is 10.2. The Bertz CT molecular complexity index is 728. The second kappa shape index (κ2) is 4.65. The van der Waals surface area contributed by atoms with E-state index in [1.807, 2.05) is 29.3 Å². The first-order valence-corrected chi connectivity index (χ1v) is 6.05. The lowest BCUT2D eigenvalue weighted by atomic mass is 10.1. The predicted octanol–water partition coefficient (Wildman–Crippen LogP) is 2.38. The van der Waals surface area contributed by atoms with Gasteiger partial charge in [0.1, 0.15) is 11.3 Å². The van der Waals surface area contributed by atoms with Crippen molar-refractivity contribution in [2.45, 2.75) is 6.54 Å². The standard InChI is InChI=1S/C15H13NO3/c17-12-4-5-14-13(8-12)15(18)11(10-19-14)9-16-6-2-1-3-7-16/h1-6,8,10,17H,7,9H2. The second-order valence-electron chi connectivity index (χ2n) is 4.47. The lowest BCUT2D eigenvalue weighted by molar-refractivity contribution is 0.398. The minimum atomic E-state index is -0.0971. The van der Waals surface area contributed by atoms with E-state index < -0.39 is 0 Å². The third-order valence-corrected chi connectivity index (χ3v) is 3.09. The summed E-state index contributed by atoms with van der Waals surface area (Å²) in [6.07, 6.45) is 9.35. The second-order valence-corrected chi connectivity index (χ2v) is 4.47. The topological polar surface area (TPSA) is 53.7 Å². The predicted molar refractivity (Wildman–Crippen MR) is 72.8 cm³/mol. The van der Waals surface area contributed by atoms with Gasteiger partial charge in [0.05, 0.1) is 17.2 Å². The number of rotatable bonds is 2. The van der Waals surface area contributed by atoms with E-state index in [9.17, 15) is 9.90 Å². The minimum absolute atomic E-state index is 0.0674. The van der Waals surface area contributed by atoms with Crippen molar-refractivity contribution < 1.29 is 9.52 Å². The van der Waals surface area contributed by atoms with Crippen molar-refractivity contribution in [3.63, 3.8) is 0 Å². The van der Waals surface area contributed by atoms with Crippen LogP contribution in [0, 0.1) is 0 Å². The van der Waals surface area contributed by atoms with Crippen LogP contribution in [-0.2, 0) is 6.54 Å². The average Bonchev–Trinajstić information content (AvgIpc) is 2.44. The average molecular weight is 255 g/mol. The molecule has 0 bridgehead atoms. The molecular formula is C15H13NO3. The lowest BCUT2D eigenvalue weighted by Gasteiger charge is -2.19. The smallest absolute Gasteiger partial charge is 0.197 e. The molecule has 4 nitrogen and oxygen atoms in total. The molecule has 3 rings (SSSR count). The van der Waals surface area contributed by atoms with Crippen molar-refractivity contribution in [2.24, 2.45) is 0 Å². The van der Waals surface area contributed by atoms with Crippen molar-refractivity contribution in [3.05, 3.63) is 64.7 Å². The molecule has 0 saturated carbocycles. The van der Waals surface area contributed by atoms with Gasteiger partial charge in [-0.1, -0.05) is 12.2 Å². The van der Waals surface area contributed by atoms with Gasteiger partial charge in [-0.25, -0.2) is 0 Å². The number of fused-ring (bicyclic) bond motifs is 1. The Morgan fingerprint density at radius 3 is 3.00 bits per heavy atom. The summed E-state index contributed by atoms with van der Waals surface area (Å²) in [5.74, 6) is 0.0674. The molecule has 0 radical (unpaired) electrons. The number of nitrogens with zero attached hydrogens (tertiary/aromatic N) is 1. The van der Waals surface area contributed by atoms with Crippen LogP contribution >= 0.6 is 0 Å². The van der Waals surface area contributed by atoms with Crippen LogP contribution in [0.25, 0.3) is 11.0 Å². The molecule has 96 valence electrons. The molecule has 19 heavy (non-hydrogen) atoms. The van der Waals surface area contributed by atoms with E-state index >= 15 is 0 Å². The molecule has 1 aliphatic heterocycles. The summed E-state index contributed by atoms with van der Waals surface area (Å²) in [5.41, 5.74) is 0.971. The van der Waals surface area contributed by atoms with Gasteiger partial charge in [0.2, 0.25) is 0 Å². The Kier molecular flexibility index (Phi) is 2.83. The van der Waals surface area contributed by atoms with Crippen LogP contribution < -0.4 is 5.43 Å². The molecule has 0 saturated heterocycles. The number of aromatic hydroxyl groups is 1. The summed E-state index contributed by atoms with van der Waals surface area (Å²) in [6, 6.07) is 4.54. The first kappa shape index (κ1) is 11.6. The van der Waals surface area contributed by atoms with E-state index in [0.29, 0.717) is 23.1 Å². The van der Waals surface area contributed by atoms with Crippen molar-refractivity contribution >= 4 is 11.0 Å². The molecule has 0 spiro atoms. The molecule has 1 aliphatic rings. The molecule has 2 aromatic rings. The van der Waals surface area contributed by atoms with Crippen molar-refractivity contribution in [3.8, 4) is 5.75 Å². The van der Waals surface area contributed by atoms with Crippen LogP contribution in [0.4, 0.5) is 0 Å². The Morgan fingerprint density at radius 2 is 2.21 bits per heavy atom. The van der Waals surface area contributed by atoms with Gasteiger partial charge in [-0.05, 0) is 30.5 Å². The molecule has 0 amide bonds. The van der Waals surface area contributed by atoms with Crippen molar-refractivity contribution in [1.82, 2.24) is 4.90 Å². The molecule has 1 aromatic heterocycles. The number of allylic oxidation sites excluding steroid dienone is 2. The van der Waals surface area contributed by atoms with Gasteiger partial charge in [0.25, 0.3) is 0 Å². The van der Waals surface area contributed by atoms with E-state index in [0.717, 1.165) is 6.54 Å². The lowest BCUT2D eigenvalue weighted by Crippen LogP contribution is -2.22. The SMILES string of the molecule is O=c1c(CN2C=CC=CC2)coc2ccc(O)cc12. The quantitative estimate of drug-likeness (QED) is 0.895. The van der Waals surface area contributed by atoms with Crippen molar-refractivity contribution in [1.29, 1.82) is 0 Å². The van der Waals surface area contributed by atoms with E-state index in [1.54, 1.807) is 6.07 Å². The first-order valence-electron chi connectivity index (χ1n) is 6.05. The highest BCUT2D eigenvalue weighted by molar-refractivity contribution is 5.78. The number of hydrogen-bond acceptors (Lipinski definition) is 4. The zero-order valence-corrected chi connectivity index (χ0v) is 10.2. The molecule has 1 N–H and O–H groups in total. The summed E-state index contributed by atoms with van der Waals surface area (Å²) in [4.78, 5) is 14.3. The Labute approximate surface area is 109 Å². The highest BCUT2D eigenvalue weighted by Crippen LogP contribution is 2.18. The van der Waals surface area contributed by atoms with Crippen LogP contribution in [0.15, 0.2) is 58.1 Å². The van der Waals surface area contributed by atoms with Crippen LogP contribution in [-0.4, -0.2) is 16.6 Å². The molecule has 1 aromatic carbocycles. The fraction of sp³-hybridized carbons (Fsp3) is 0.133. The molecule has 4 heteroatoms. The zero-order chi connectivity index (χ0) is 13.2. The third-order valence-electron chi connectivity index (χ3n) is 3.09. The largest absolute Gasteiger partial charge is 0.508 e. The fourth-order valence-electron chi connectivity index (χ4n) is 2.11. The molecular weight excluding hydrogens is 242 g/mol. The molecule has 0 fully saturated rings. The monoisotopic (exact) mass is 255 g/mol. The third kappa shape index (κ3) is 2.25. The van der Waals surface area contributed by atoms with E-state index in [-0.39, 0.29) is 11.2 Å². The van der Waals surface area contributed by atoms with Gasteiger partial charge in [0, 0.05) is 13.1 Å². The normalized spacial score (nSPS) is 14.2. The van der Waals surface area contributed by atoms with Gasteiger partial charge in [0.15, 0.2) is 5.43 Å². The maximum absolute atomic E-state index is 12.3. The summed E-state index contributed by atoms with van der Waals surface area (Å²) in [7, 11) is 0. The maximum atomic E-state index is 12.3. The van der Waals surface area contributed by atoms with Crippen molar-refractivity contribution in [2.75, 3.05) is 6.54 Å². The summed E-state index contributed by atoms with van der Waals surface area (Å²) < 4.78 is 5.44. The summed E-state index contributed by atoms with van der Waals surface area (Å²) in [6.45, 7) is 1.27. The fourth-order valence-corrected chi connectivity index (χ4v) is 2.11. The molecule has 0 atom stereocenters. The number of phenols is 1. The maximum Gasteiger partial charge on any atom is 0.197 e. The molecule has 0 aliphatic carbocycles. The van der Waals surface area contributed by atoms with E-state index in [2.05, 4.69) is 0 Å². The Hall–Kier alpha value is -2.49. The van der Waals surface area contributed by atoms with Gasteiger partial charge in [-0.3, -0.25) is 4.79 Å². The minimum Gasteiger partial charge on any atom is -0.508 e. The van der Waals surface area contributed by atoms with Gasteiger partial charge in [-0.15, -0.1) is 0 Å². The number of hydrogen-bond donors (Lipinski definition) is 1. The molecule has 0 unspecified atom stereocenters. The first-order chi connectivity index (χ1) is 9.24. The number of phenolic OH excluding ortho intramolecular Hbond substituents is 1. The summed E-state index contributed by atoms with van der Waals surface area (Å²) in [5, 5.41) is 9.87. The van der Waals surface area contributed by atoms with Crippen LogP contribution in [0.5, 0.6) is 5.75 Å². The van der Waals surface area contributed by atoms with Gasteiger partial charge < -0.3 is 14.4 Å².